The predicted molar refractivity (Wildman–Crippen MR) is 125 cm³/mol. The van der Waals surface area contributed by atoms with E-state index in [2.05, 4.69) is 15.1 Å². The number of aryl methyl sites for hydroxylation is 3. The first-order valence-electron chi connectivity index (χ1n) is 11.2. The molecule has 7 nitrogen and oxygen atoms in total. The summed E-state index contributed by atoms with van der Waals surface area (Å²) in [7, 11) is 0. The Morgan fingerprint density at radius 2 is 1.85 bits per heavy atom. The molecule has 0 N–H and O–H groups in total. The van der Waals surface area contributed by atoms with Crippen molar-refractivity contribution in [3.8, 4) is 11.3 Å². The molecule has 3 heterocycles. The minimum atomic E-state index is -4.52. The zero-order valence-corrected chi connectivity index (χ0v) is 20.4. The minimum Gasteiger partial charge on any atom is -0.358 e. The highest BCUT2D eigenvalue weighted by atomic mass is 32.1. The molecule has 1 unspecified atom stereocenters. The van der Waals surface area contributed by atoms with Crippen LogP contribution in [0.25, 0.3) is 11.3 Å². The number of carbonyl (C=O) groups is 1. The standard InChI is InChI=1S/C23H27F3N6OS/c1-5-17-6-8-18(9-7-17)20-21(34-22(28-20)23(24,25)26)30-10-11-31(14(2)12-30)19(33)13-32-16(4)27-15(3)29-32/h6-9,14H,5,10-13H2,1-4H3. The van der Waals surface area contributed by atoms with Gasteiger partial charge in [0, 0.05) is 31.2 Å². The second-order valence-electron chi connectivity index (χ2n) is 8.47. The zero-order valence-electron chi connectivity index (χ0n) is 19.6. The maximum absolute atomic E-state index is 13.5. The fourth-order valence-electron chi connectivity index (χ4n) is 4.18. The molecule has 0 radical (unpaired) electrons. The van der Waals surface area contributed by atoms with Gasteiger partial charge in [-0.25, -0.2) is 14.6 Å². The number of amides is 1. The van der Waals surface area contributed by atoms with Gasteiger partial charge >= 0.3 is 6.18 Å². The largest absolute Gasteiger partial charge is 0.443 e. The van der Waals surface area contributed by atoms with Gasteiger partial charge < -0.3 is 9.80 Å². The Balaban J connectivity index is 1.56. The van der Waals surface area contributed by atoms with Crippen molar-refractivity contribution in [2.75, 3.05) is 24.5 Å². The molecule has 0 saturated carbocycles. The first-order valence-corrected chi connectivity index (χ1v) is 12.0. The van der Waals surface area contributed by atoms with Crippen LogP contribution in [0.2, 0.25) is 0 Å². The molecule has 1 atom stereocenters. The van der Waals surface area contributed by atoms with Crippen molar-refractivity contribution >= 4 is 22.2 Å². The van der Waals surface area contributed by atoms with E-state index >= 15 is 0 Å². The second-order valence-corrected chi connectivity index (χ2v) is 9.44. The van der Waals surface area contributed by atoms with Crippen molar-refractivity contribution in [2.45, 2.75) is 52.9 Å². The molecule has 1 aromatic carbocycles. The van der Waals surface area contributed by atoms with Crippen LogP contribution in [-0.2, 0) is 23.9 Å². The molecule has 1 amide bonds. The fourth-order valence-corrected chi connectivity index (χ4v) is 5.17. The molecule has 34 heavy (non-hydrogen) atoms. The molecule has 1 aliphatic heterocycles. The third kappa shape index (κ3) is 4.94. The zero-order chi connectivity index (χ0) is 24.6. The van der Waals surface area contributed by atoms with Crippen LogP contribution in [0.1, 0.15) is 36.1 Å². The van der Waals surface area contributed by atoms with Gasteiger partial charge in [0.25, 0.3) is 0 Å². The summed E-state index contributed by atoms with van der Waals surface area (Å²) in [6.45, 7) is 8.83. The maximum atomic E-state index is 13.5. The monoisotopic (exact) mass is 492 g/mol. The van der Waals surface area contributed by atoms with E-state index in [9.17, 15) is 18.0 Å². The number of nitrogens with zero attached hydrogens (tertiary/aromatic N) is 6. The average Bonchev–Trinajstić information content (AvgIpc) is 3.37. The molecule has 1 saturated heterocycles. The molecule has 11 heteroatoms. The Labute approximate surface area is 200 Å². The Morgan fingerprint density at radius 1 is 1.15 bits per heavy atom. The highest BCUT2D eigenvalue weighted by molar-refractivity contribution is 7.16. The lowest BCUT2D eigenvalue weighted by molar-refractivity contribution is -0.137. The lowest BCUT2D eigenvalue weighted by Crippen LogP contribution is -2.54. The first kappa shape index (κ1) is 24.2. The van der Waals surface area contributed by atoms with Crippen LogP contribution < -0.4 is 4.90 Å². The Kier molecular flexibility index (Phi) is 6.66. The summed E-state index contributed by atoms with van der Waals surface area (Å²) in [4.78, 5) is 24.8. The third-order valence-corrected chi connectivity index (χ3v) is 7.13. The van der Waals surface area contributed by atoms with Gasteiger partial charge in [-0.15, -0.1) is 0 Å². The lowest BCUT2D eigenvalue weighted by Gasteiger charge is -2.40. The van der Waals surface area contributed by atoms with Crippen molar-refractivity contribution in [3.63, 3.8) is 0 Å². The molecular weight excluding hydrogens is 465 g/mol. The number of thiazole rings is 1. The number of anilines is 1. The third-order valence-electron chi connectivity index (χ3n) is 5.97. The van der Waals surface area contributed by atoms with Gasteiger partial charge in [-0.1, -0.05) is 42.5 Å². The van der Waals surface area contributed by atoms with Crippen LogP contribution in [0.5, 0.6) is 0 Å². The highest BCUT2D eigenvalue weighted by Gasteiger charge is 2.38. The number of hydrogen-bond acceptors (Lipinski definition) is 6. The van der Waals surface area contributed by atoms with Gasteiger partial charge in [-0.05, 0) is 32.8 Å². The summed E-state index contributed by atoms with van der Waals surface area (Å²) >= 11 is 0.661. The number of benzene rings is 1. The van der Waals surface area contributed by atoms with Gasteiger partial charge in [-0.3, -0.25) is 4.79 Å². The molecule has 182 valence electrons. The number of carbonyl (C=O) groups excluding carboxylic acids is 1. The first-order chi connectivity index (χ1) is 16.1. The van der Waals surface area contributed by atoms with E-state index in [1.165, 1.54) is 0 Å². The molecule has 0 spiro atoms. The van der Waals surface area contributed by atoms with Crippen molar-refractivity contribution in [3.05, 3.63) is 46.5 Å². The van der Waals surface area contributed by atoms with Gasteiger partial charge in [0.05, 0.1) is 0 Å². The maximum Gasteiger partial charge on any atom is 0.443 e. The molecule has 1 aliphatic rings. The van der Waals surface area contributed by atoms with Gasteiger partial charge in [0.15, 0.2) is 0 Å². The number of aromatic nitrogens is 4. The van der Waals surface area contributed by atoms with Crippen LogP contribution in [0.3, 0.4) is 0 Å². The Bertz CT molecular complexity index is 1170. The summed E-state index contributed by atoms with van der Waals surface area (Å²) in [5, 5.41) is 3.87. The molecule has 1 fully saturated rings. The Hall–Kier alpha value is -2.95. The summed E-state index contributed by atoms with van der Waals surface area (Å²) in [6.07, 6.45) is -3.67. The summed E-state index contributed by atoms with van der Waals surface area (Å²) < 4.78 is 42.2. The van der Waals surface area contributed by atoms with E-state index in [4.69, 9.17) is 0 Å². The van der Waals surface area contributed by atoms with E-state index in [-0.39, 0.29) is 18.5 Å². The van der Waals surface area contributed by atoms with Crippen LogP contribution in [0.15, 0.2) is 24.3 Å². The molecule has 0 aliphatic carbocycles. The van der Waals surface area contributed by atoms with E-state index in [0.717, 1.165) is 12.0 Å². The van der Waals surface area contributed by atoms with Gasteiger partial charge in [-0.2, -0.15) is 18.3 Å². The van der Waals surface area contributed by atoms with E-state index < -0.39 is 11.2 Å². The number of rotatable bonds is 5. The molecular formula is C23H27F3N6OS. The van der Waals surface area contributed by atoms with Crippen LogP contribution in [0, 0.1) is 13.8 Å². The van der Waals surface area contributed by atoms with Crippen LogP contribution in [-0.4, -0.2) is 56.2 Å². The molecule has 2 aromatic heterocycles. The Morgan fingerprint density at radius 3 is 2.41 bits per heavy atom. The topological polar surface area (TPSA) is 67.2 Å². The summed E-state index contributed by atoms with van der Waals surface area (Å²) in [5.41, 5.74) is 2.10. The summed E-state index contributed by atoms with van der Waals surface area (Å²) in [6, 6.07) is 7.29. The SMILES string of the molecule is CCc1ccc(-c2nc(C(F)(F)F)sc2N2CCN(C(=O)Cn3nc(C)nc3C)C(C)C2)cc1. The van der Waals surface area contributed by atoms with Gasteiger partial charge in [0.2, 0.25) is 10.9 Å². The number of hydrogen-bond donors (Lipinski definition) is 0. The highest BCUT2D eigenvalue weighted by Crippen LogP contribution is 2.43. The normalized spacial score (nSPS) is 16.9. The van der Waals surface area contributed by atoms with Crippen molar-refractivity contribution in [1.82, 2.24) is 24.6 Å². The van der Waals surface area contributed by atoms with E-state index in [0.29, 0.717) is 58.9 Å². The fraction of sp³-hybridized carbons (Fsp3) is 0.478. The average molecular weight is 493 g/mol. The second kappa shape index (κ2) is 9.36. The number of alkyl halides is 3. The lowest BCUT2D eigenvalue weighted by atomic mass is 10.1. The van der Waals surface area contributed by atoms with Crippen molar-refractivity contribution in [1.29, 1.82) is 0 Å². The van der Waals surface area contributed by atoms with Crippen molar-refractivity contribution < 1.29 is 18.0 Å². The predicted octanol–water partition coefficient (Wildman–Crippen LogP) is 4.34. The van der Waals surface area contributed by atoms with Crippen molar-refractivity contribution in [2.24, 2.45) is 0 Å². The molecule has 0 bridgehead atoms. The van der Waals surface area contributed by atoms with E-state index in [1.54, 1.807) is 23.4 Å². The smallest absolute Gasteiger partial charge is 0.358 e. The number of piperazine rings is 1. The minimum absolute atomic E-state index is 0.0872. The van der Waals surface area contributed by atoms with Crippen LogP contribution in [0.4, 0.5) is 18.2 Å². The molecule has 3 aromatic rings. The summed E-state index contributed by atoms with van der Waals surface area (Å²) in [5.74, 6) is 1.18. The molecule has 4 rings (SSSR count). The van der Waals surface area contributed by atoms with E-state index in [1.807, 2.05) is 43.0 Å². The van der Waals surface area contributed by atoms with Gasteiger partial charge in [0.1, 0.15) is 28.9 Å². The number of halogens is 3. The van der Waals surface area contributed by atoms with Crippen LogP contribution >= 0.6 is 11.3 Å². The quantitative estimate of drug-likeness (QED) is 0.530.